The highest BCUT2D eigenvalue weighted by Gasteiger charge is 2.29. The summed E-state index contributed by atoms with van der Waals surface area (Å²) in [7, 11) is -3.48. The number of benzene rings is 1. The van der Waals surface area contributed by atoms with Crippen LogP contribution in [0.15, 0.2) is 27.6 Å². The summed E-state index contributed by atoms with van der Waals surface area (Å²) in [4.78, 5) is 0.438. The zero-order valence-corrected chi connectivity index (χ0v) is 14.1. The lowest BCUT2D eigenvalue weighted by Gasteiger charge is -2.16. The molecule has 2 atom stereocenters. The first-order valence-corrected chi connectivity index (χ1v) is 9.08. The van der Waals surface area contributed by atoms with Crippen LogP contribution in [0.3, 0.4) is 0 Å². The molecule has 0 saturated heterocycles. The SMILES string of the molecule is O=S(=O)(NC1CCCC1Br)c1ccc(Cl)c(Br)c1. The summed E-state index contributed by atoms with van der Waals surface area (Å²) in [6.45, 7) is 0. The number of nitrogens with one attached hydrogen (secondary N) is 1. The van der Waals surface area contributed by atoms with Crippen molar-refractivity contribution in [3.8, 4) is 0 Å². The van der Waals surface area contributed by atoms with E-state index in [1.165, 1.54) is 12.1 Å². The van der Waals surface area contributed by atoms with Gasteiger partial charge in [0.05, 0.1) is 9.92 Å². The van der Waals surface area contributed by atoms with Gasteiger partial charge in [-0.2, -0.15) is 0 Å². The standard InChI is InChI=1S/C11H12Br2ClNO2S/c12-8-2-1-3-11(8)15-18(16,17)7-4-5-10(14)9(13)6-7/h4-6,8,11,15H,1-3H2. The number of hydrogen-bond donors (Lipinski definition) is 1. The van der Waals surface area contributed by atoms with Crippen LogP contribution in [0.2, 0.25) is 5.02 Å². The zero-order chi connectivity index (χ0) is 13.3. The minimum atomic E-state index is -3.48. The molecule has 1 saturated carbocycles. The van der Waals surface area contributed by atoms with Crippen molar-refractivity contribution >= 4 is 53.5 Å². The summed E-state index contributed by atoms with van der Waals surface area (Å²) >= 11 is 12.6. The largest absolute Gasteiger partial charge is 0.240 e. The van der Waals surface area contributed by atoms with Gasteiger partial charge in [0.1, 0.15) is 0 Å². The van der Waals surface area contributed by atoms with Gasteiger partial charge < -0.3 is 0 Å². The van der Waals surface area contributed by atoms with Crippen molar-refractivity contribution in [2.75, 3.05) is 0 Å². The van der Waals surface area contributed by atoms with Crippen LogP contribution in [0.4, 0.5) is 0 Å². The maximum Gasteiger partial charge on any atom is 0.240 e. The molecule has 2 unspecified atom stereocenters. The van der Waals surface area contributed by atoms with E-state index in [-0.39, 0.29) is 15.8 Å². The Labute approximate surface area is 129 Å². The Morgan fingerprint density at radius 3 is 2.61 bits per heavy atom. The van der Waals surface area contributed by atoms with Crippen molar-refractivity contribution in [3.05, 3.63) is 27.7 Å². The quantitative estimate of drug-likeness (QED) is 0.763. The number of rotatable bonds is 3. The third-order valence-corrected chi connectivity index (χ3v) is 6.74. The molecule has 100 valence electrons. The Morgan fingerprint density at radius 1 is 1.33 bits per heavy atom. The van der Waals surface area contributed by atoms with Gasteiger partial charge >= 0.3 is 0 Å². The number of sulfonamides is 1. The second-order valence-corrected chi connectivity index (χ2v) is 8.40. The molecule has 1 N–H and O–H groups in total. The van der Waals surface area contributed by atoms with Crippen molar-refractivity contribution in [2.24, 2.45) is 0 Å². The lowest BCUT2D eigenvalue weighted by molar-refractivity contribution is 0.556. The van der Waals surface area contributed by atoms with Gasteiger partial charge in [-0.15, -0.1) is 0 Å². The summed E-state index contributed by atoms with van der Waals surface area (Å²) in [6, 6.07) is 4.56. The van der Waals surface area contributed by atoms with E-state index in [0.29, 0.717) is 9.50 Å². The fourth-order valence-corrected chi connectivity index (χ4v) is 4.84. The summed E-state index contributed by atoms with van der Waals surface area (Å²) in [5.74, 6) is 0. The van der Waals surface area contributed by atoms with Gasteiger partial charge in [0.2, 0.25) is 10.0 Å². The summed E-state index contributed by atoms with van der Waals surface area (Å²) < 4.78 is 27.7. The fraction of sp³-hybridized carbons (Fsp3) is 0.455. The van der Waals surface area contributed by atoms with Crippen molar-refractivity contribution in [2.45, 2.75) is 35.0 Å². The number of halogens is 3. The molecule has 1 aliphatic carbocycles. The molecule has 1 aromatic rings. The molecular formula is C11H12Br2ClNO2S. The average molecular weight is 418 g/mol. The van der Waals surface area contributed by atoms with E-state index in [1.807, 2.05) is 0 Å². The van der Waals surface area contributed by atoms with E-state index in [2.05, 4.69) is 36.6 Å². The molecule has 0 aliphatic heterocycles. The molecule has 0 amide bonds. The van der Waals surface area contributed by atoms with Crippen molar-refractivity contribution in [1.82, 2.24) is 4.72 Å². The monoisotopic (exact) mass is 415 g/mol. The molecule has 1 aliphatic rings. The molecule has 7 heteroatoms. The van der Waals surface area contributed by atoms with Crippen LogP contribution in [0.1, 0.15) is 19.3 Å². The van der Waals surface area contributed by atoms with Crippen molar-refractivity contribution in [3.63, 3.8) is 0 Å². The molecule has 3 nitrogen and oxygen atoms in total. The lowest BCUT2D eigenvalue weighted by atomic mass is 10.3. The average Bonchev–Trinajstić information content (AvgIpc) is 2.67. The van der Waals surface area contributed by atoms with Crippen LogP contribution >= 0.6 is 43.5 Å². The topological polar surface area (TPSA) is 46.2 Å². The van der Waals surface area contributed by atoms with Gasteiger partial charge in [-0.1, -0.05) is 34.0 Å². The summed E-state index contributed by atoms with van der Waals surface area (Å²) in [5, 5.41) is 0.494. The number of hydrogen-bond acceptors (Lipinski definition) is 2. The Balaban J connectivity index is 2.22. The van der Waals surface area contributed by atoms with Crippen molar-refractivity contribution in [1.29, 1.82) is 0 Å². The minimum Gasteiger partial charge on any atom is -0.207 e. The van der Waals surface area contributed by atoms with Crippen LogP contribution in [-0.4, -0.2) is 19.3 Å². The van der Waals surface area contributed by atoms with E-state index >= 15 is 0 Å². The van der Waals surface area contributed by atoms with Gasteiger partial charge in [0.25, 0.3) is 0 Å². The Kier molecular flexibility index (Phi) is 4.75. The highest BCUT2D eigenvalue weighted by Crippen LogP contribution is 2.29. The van der Waals surface area contributed by atoms with E-state index < -0.39 is 10.0 Å². The molecule has 1 fully saturated rings. The lowest BCUT2D eigenvalue weighted by Crippen LogP contribution is -2.37. The summed E-state index contributed by atoms with van der Waals surface area (Å²) in [5.41, 5.74) is 0. The van der Waals surface area contributed by atoms with Crippen LogP contribution in [-0.2, 0) is 10.0 Å². The molecule has 0 heterocycles. The van der Waals surface area contributed by atoms with E-state index in [9.17, 15) is 8.42 Å². The van der Waals surface area contributed by atoms with Gasteiger partial charge in [0, 0.05) is 15.3 Å². The smallest absolute Gasteiger partial charge is 0.207 e. The van der Waals surface area contributed by atoms with Crippen LogP contribution in [0, 0.1) is 0 Å². The fourth-order valence-electron chi connectivity index (χ4n) is 1.96. The normalized spacial score (nSPS) is 24.4. The van der Waals surface area contributed by atoms with Gasteiger partial charge in [-0.25, -0.2) is 13.1 Å². The Bertz CT molecular complexity index is 550. The van der Waals surface area contributed by atoms with Gasteiger partial charge in [-0.05, 0) is 47.0 Å². The maximum absolute atomic E-state index is 12.2. The van der Waals surface area contributed by atoms with Crippen molar-refractivity contribution < 1.29 is 8.42 Å². The molecule has 2 rings (SSSR count). The van der Waals surface area contributed by atoms with Crippen LogP contribution in [0.5, 0.6) is 0 Å². The highest BCUT2D eigenvalue weighted by molar-refractivity contribution is 9.10. The van der Waals surface area contributed by atoms with E-state index in [0.717, 1.165) is 19.3 Å². The Hall–Kier alpha value is 0.380. The predicted molar refractivity (Wildman–Crippen MR) is 79.8 cm³/mol. The summed E-state index contributed by atoms with van der Waals surface area (Å²) in [6.07, 6.45) is 2.90. The first kappa shape index (κ1) is 14.8. The van der Waals surface area contributed by atoms with E-state index in [1.54, 1.807) is 6.07 Å². The third kappa shape index (κ3) is 3.28. The maximum atomic E-state index is 12.2. The molecule has 0 radical (unpaired) electrons. The Morgan fingerprint density at radius 2 is 2.06 bits per heavy atom. The minimum absolute atomic E-state index is 0.0375. The second-order valence-electron chi connectivity index (χ2n) is 4.25. The predicted octanol–water partition coefficient (Wildman–Crippen LogP) is 3.70. The van der Waals surface area contributed by atoms with Crippen LogP contribution in [0.25, 0.3) is 0 Å². The van der Waals surface area contributed by atoms with Gasteiger partial charge in [0.15, 0.2) is 0 Å². The molecule has 18 heavy (non-hydrogen) atoms. The van der Waals surface area contributed by atoms with Crippen LogP contribution < -0.4 is 4.72 Å². The number of alkyl halides is 1. The molecule has 0 bridgehead atoms. The first-order chi connectivity index (χ1) is 8.40. The second kappa shape index (κ2) is 5.79. The molecular weight excluding hydrogens is 405 g/mol. The van der Waals surface area contributed by atoms with E-state index in [4.69, 9.17) is 11.6 Å². The zero-order valence-electron chi connectivity index (χ0n) is 9.37. The molecule has 0 aromatic heterocycles. The third-order valence-electron chi connectivity index (χ3n) is 2.94. The molecule has 1 aromatic carbocycles. The highest BCUT2D eigenvalue weighted by atomic mass is 79.9. The van der Waals surface area contributed by atoms with Gasteiger partial charge in [-0.3, -0.25) is 0 Å². The molecule has 0 spiro atoms. The first-order valence-electron chi connectivity index (χ1n) is 5.51.